The molecule has 1 aromatic rings. The zero-order valence-electron chi connectivity index (χ0n) is 12.8. The van der Waals surface area contributed by atoms with E-state index >= 15 is 0 Å². The minimum absolute atomic E-state index is 0.0316. The Morgan fingerprint density at radius 2 is 1.90 bits per heavy atom. The van der Waals surface area contributed by atoms with Crippen LogP contribution in [-0.2, 0) is 14.9 Å². The Morgan fingerprint density at radius 1 is 1.24 bits per heavy atom. The fraction of sp³-hybridized carbons (Fsp3) is 0.786. The predicted molar refractivity (Wildman–Crippen MR) is 81.7 cm³/mol. The van der Waals surface area contributed by atoms with Crippen molar-refractivity contribution in [3.63, 3.8) is 0 Å². The van der Waals surface area contributed by atoms with Gasteiger partial charge in [0.2, 0.25) is 11.0 Å². The highest BCUT2D eigenvalue weighted by Crippen LogP contribution is 2.33. The van der Waals surface area contributed by atoms with Gasteiger partial charge in [0, 0.05) is 31.6 Å². The van der Waals surface area contributed by atoms with E-state index in [0.717, 1.165) is 36.3 Å². The highest BCUT2D eigenvalue weighted by Gasteiger charge is 2.37. The average Bonchev–Trinajstić information content (AvgIpc) is 2.87. The van der Waals surface area contributed by atoms with Crippen molar-refractivity contribution in [2.45, 2.75) is 26.2 Å². The summed E-state index contributed by atoms with van der Waals surface area (Å²) in [6.07, 6.45) is 0. The lowest BCUT2D eigenvalue weighted by atomic mass is 9.98. The summed E-state index contributed by atoms with van der Waals surface area (Å²) in [5.74, 6) is 0.361. The number of anilines is 1. The topological polar surface area (TPSA) is 58.6 Å². The summed E-state index contributed by atoms with van der Waals surface area (Å²) >= 11 is 1.63. The standard InChI is InChI=1S/C14H22N4O2S/c1-14(2,3)12-15-16-13(21-12)18-8-10(9-18)11(19)17-4-6-20-7-5-17/h10H,4-9H2,1-3H3. The largest absolute Gasteiger partial charge is 0.378 e. The van der Waals surface area contributed by atoms with E-state index in [1.807, 2.05) is 4.90 Å². The number of carbonyl (C=O) groups excluding carboxylic acids is 1. The molecule has 2 aliphatic heterocycles. The molecule has 2 aliphatic rings. The number of hydrogen-bond acceptors (Lipinski definition) is 6. The Hall–Kier alpha value is -1.21. The van der Waals surface area contributed by atoms with Gasteiger partial charge in [-0.3, -0.25) is 4.79 Å². The second-order valence-corrected chi connectivity index (χ2v) is 7.64. The molecule has 0 spiro atoms. The maximum atomic E-state index is 12.3. The van der Waals surface area contributed by atoms with Crippen LogP contribution in [0, 0.1) is 5.92 Å². The lowest BCUT2D eigenvalue weighted by Gasteiger charge is -2.41. The first-order chi connectivity index (χ1) is 9.95. The Labute approximate surface area is 129 Å². The van der Waals surface area contributed by atoms with Crippen LogP contribution in [0.25, 0.3) is 0 Å². The third-order valence-corrected chi connectivity index (χ3v) is 5.29. The summed E-state index contributed by atoms with van der Waals surface area (Å²) in [5, 5.41) is 10.5. The lowest BCUT2D eigenvalue weighted by Crippen LogP contribution is -2.56. The van der Waals surface area contributed by atoms with Crippen LogP contribution in [0.4, 0.5) is 5.13 Å². The van der Waals surface area contributed by atoms with Crippen molar-refractivity contribution in [3.05, 3.63) is 5.01 Å². The van der Waals surface area contributed by atoms with Crippen LogP contribution in [-0.4, -0.2) is 60.4 Å². The molecule has 2 saturated heterocycles. The first-order valence-corrected chi connectivity index (χ1v) is 8.22. The monoisotopic (exact) mass is 310 g/mol. The Bertz CT molecular complexity index is 513. The molecule has 7 heteroatoms. The van der Waals surface area contributed by atoms with E-state index in [1.54, 1.807) is 11.3 Å². The summed E-state index contributed by atoms with van der Waals surface area (Å²) < 4.78 is 5.29. The molecule has 0 saturated carbocycles. The van der Waals surface area contributed by atoms with Crippen LogP contribution in [0.1, 0.15) is 25.8 Å². The van der Waals surface area contributed by atoms with Crippen LogP contribution in [0.5, 0.6) is 0 Å². The minimum Gasteiger partial charge on any atom is -0.378 e. The average molecular weight is 310 g/mol. The zero-order valence-corrected chi connectivity index (χ0v) is 13.7. The van der Waals surface area contributed by atoms with Gasteiger partial charge in [-0.2, -0.15) is 0 Å². The van der Waals surface area contributed by atoms with E-state index in [9.17, 15) is 4.79 Å². The zero-order chi connectivity index (χ0) is 15.0. The maximum absolute atomic E-state index is 12.3. The number of morpholine rings is 1. The van der Waals surface area contributed by atoms with Gasteiger partial charge in [0.05, 0.1) is 19.1 Å². The van der Waals surface area contributed by atoms with Crippen molar-refractivity contribution in [2.75, 3.05) is 44.3 Å². The Balaban J connectivity index is 1.55. The van der Waals surface area contributed by atoms with E-state index in [1.165, 1.54) is 0 Å². The molecule has 0 radical (unpaired) electrons. The van der Waals surface area contributed by atoms with Crippen molar-refractivity contribution in [1.82, 2.24) is 15.1 Å². The molecule has 0 aliphatic carbocycles. The van der Waals surface area contributed by atoms with Gasteiger partial charge in [-0.05, 0) is 0 Å². The predicted octanol–water partition coefficient (Wildman–Crippen LogP) is 1.13. The van der Waals surface area contributed by atoms with Gasteiger partial charge in [0.15, 0.2) is 0 Å². The molecule has 0 bridgehead atoms. The number of carbonyl (C=O) groups is 1. The van der Waals surface area contributed by atoms with Crippen molar-refractivity contribution >= 4 is 22.4 Å². The molecule has 116 valence electrons. The highest BCUT2D eigenvalue weighted by atomic mass is 32.1. The first kappa shape index (κ1) is 14.7. The van der Waals surface area contributed by atoms with E-state index < -0.39 is 0 Å². The Kier molecular flexibility index (Phi) is 3.88. The smallest absolute Gasteiger partial charge is 0.229 e. The van der Waals surface area contributed by atoms with Gasteiger partial charge in [0.1, 0.15) is 5.01 Å². The molecule has 3 rings (SSSR count). The van der Waals surface area contributed by atoms with Crippen LogP contribution >= 0.6 is 11.3 Å². The van der Waals surface area contributed by atoms with Crippen molar-refractivity contribution in [3.8, 4) is 0 Å². The summed E-state index contributed by atoms with van der Waals surface area (Å²) in [6.45, 7) is 10.7. The number of rotatable bonds is 2. The second-order valence-electron chi connectivity index (χ2n) is 6.68. The molecular weight excluding hydrogens is 288 g/mol. The molecule has 2 fully saturated rings. The van der Waals surface area contributed by atoms with Gasteiger partial charge in [0.25, 0.3) is 0 Å². The second kappa shape index (κ2) is 5.53. The van der Waals surface area contributed by atoms with E-state index in [0.29, 0.717) is 13.2 Å². The quantitative estimate of drug-likeness (QED) is 0.819. The van der Waals surface area contributed by atoms with Gasteiger partial charge in [-0.15, -0.1) is 10.2 Å². The summed E-state index contributed by atoms with van der Waals surface area (Å²) in [6, 6.07) is 0. The van der Waals surface area contributed by atoms with Crippen LogP contribution in [0.15, 0.2) is 0 Å². The van der Waals surface area contributed by atoms with Gasteiger partial charge >= 0.3 is 0 Å². The van der Waals surface area contributed by atoms with E-state index in [2.05, 4.69) is 35.9 Å². The van der Waals surface area contributed by atoms with E-state index in [-0.39, 0.29) is 17.2 Å². The number of amides is 1. The highest BCUT2D eigenvalue weighted by molar-refractivity contribution is 7.15. The SMILES string of the molecule is CC(C)(C)c1nnc(N2CC(C(=O)N3CCOCC3)C2)s1. The molecule has 3 heterocycles. The number of nitrogens with zero attached hydrogens (tertiary/aromatic N) is 4. The van der Waals surface area contributed by atoms with Gasteiger partial charge in [-0.25, -0.2) is 0 Å². The van der Waals surface area contributed by atoms with Crippen LogP contribution in [0.2, 0.25) is 0 Å². The molecule has 21 heavy (non-hydrogen) atoms. The third-order valence-electron chi connectivity index (χ3n) is 3.88. The van der Waals surface area contributed by atoms with Crippen molar-refractivity contribution in [2.24, 2.45) is 5.92 Å². The molecule has 1 amide bonds. The number of ether oxygens (including phenoxy) is 1. The maximum Gasteiger partial charge on any atom is 0.229 e. The third kappa shape index (κ3) is 3.03. The number of aromatic nitrogens is 2. The van der Waals surface area contributed by atoms with Gasteiger partial charge < -0.3 is 14.5 Å². The van der Waals surface area contributed by atoms with Crippen molar-refractivity contribution in [1.29, 1.82) is 0 Å². The summed E-state index contributed by atoms with van der Waals surface area (Å²) in [7, 11) is 0. The first-order valence-electron chi connectivity index (χ1n) is 7.40. The normalized spacial score (nSPS) is 20.5. The molecule has 0 unspecified atom stereocenters. The summed E-state index contributed by atoms with van der Waals surface area (Å²) in [5.41, 5.74) is 0.0316. The minimum atomic E-state index is 0.0316. The molecule has 0 N–H and O–H groups in total. The fourth-order valence-corrected chi connectivity index (χ4v) is 3.40. The molecule has 6 nitrogen and oxygen atoms in total. The lowest BCUT2D eigenvalue weighted by molar-refractivity contribution is -0.140. The van der Waals surface area contributed by atoms with E-state index in [4.69, 9.17) is 4.74 Å². The van der Waals surface area contributed by atoms with Crippen molar-refractivity contribution < 1.29 is 9.53 Å². The summed E-state index contributed by atoms with van der Waals surface area (Å²) in [4.78, 5) is 16.4. The molecule has 0 atom stereocenters. The van der Waals surface area contributed by atoms with Gasteiger partial charge in [-0.1, -0.05) is 32.1 Å². The number of hydrogen-bond donors (Lipinski definition) is 0. The Morgan fingerprint density at radius 3 is 2.48 bits per heavy atom. The van der Waals surface area contributed by atoms with Crippen LogP contribution < -0.4 is 4.90 Å². The molecular formula is C14H22N4O2S. The van der Waals surface area contributed by atoms with Crippen LogP contribution in [0.3, 0.4) is 0 Å². The molecule has 0 aromatic carbocycles. The molecule has 1 aromatic heterocycles. The fourth-order valence-electron chi connectivity index (χ4n) is 2.48.